The standard InChI is InChI=1S/C20H24NO/c1-4-21(5-2)15-14-18(19-8-6-7-9-20(19)21)16-10-12-17(22-3)13-11-16/h6-15,18H,4-5H2,1-3H3/q+1. The third kappa shape index (κ3) is 2.34. The van der Waals surface area contributed by atoms with E-state index in [1.54, 1.807) is 7.11 Å². The molecule has 0 spiro atoms. The van der Waals surface area contributed by atoms with Crippen molar-refractivity contribution < 1.29 is 4.74 Å². The zero-order valence-corrected chi connectivity index (χ0v) is 13.6. The number of hydrogen-bond donors (Lipinski definition) is 0. The van der Waals surface area contributed by atoms with Gasteiger partial charge in [-0.3, -0.25) is 4.48 Å². The molecular weight excluding hydrogens is 270 g/mol. The third-order valence-electron chi connectivity index (χ3n) is 4.92. The Hall–Kier alpha value is -2.06. The van der Waals surface area contributed by atoms with Crippen LogP contribution in [-0.4, -0.2) is 20.2 Å². The van der Waals surface area contributed by atoms with Crippen LogP contribution in [-0.2, 0) is 0 Å². The molecule has 0 aliphatic carbocycles. The summed E-state index contributed by atoms with van der Waals surface area (Å²) in [4.78, 5) is 0. The van der Waals surface area contributed by atoms with E-state index in [1.807, 2.05) is 12.1 Å². The first-order valence-electron chi connectivity index (χ1n) is 8.03. The molecule has 0 aromatic heterocycles. The molecule has 2 nitrogen and oxygen atoms in total. The summed E-state index contributed by atoms with van der Waals surface area (Å²) in [5, 5.41) is 0. The number of quaternary nitrogens is 1. The van der Waals surface area contributed by atoms with E-state index in [-0.39, 0.29) is 0 Å². The molecule has 2 heteroatoms. The summed E-state index contributed by atoms with van der Waals surface area (Å²) in [5.41, 5.74) is 4.16. The van der Waals surface area contributed by atoms with E-state index < -0.39 is 0 Å². The molecule has 0 radical (unpaired) electrons. The van der Waals surface area contributed by atoms with Crippen LogP contribution < -0.4 is 9.22 Å². The van der Waals surface area contributed by atoms with Gasteiger partial charge in [0, 0.05) is 11.5 Å². The van der Waals surface area contributed by atoms with Gasteiger partial charge in [0.1, 0.15) is 11.4 Å². The number of methoxy groups -OCH3 is 1. The van der Waals surface area contributed by atoms with Crippen LogP contribution >= 0.6 is 0 Å². The van der Waals surface area contributed by atoms with Crippen molar-refractivity contribution in [2.24, 2.45) is 0 Å². The molecule has 2 aromatic carbocycles. The lowest BCUT2D eigenvalue weighted by Gasteiger charge is -2.38. The number of nitrogens with zero attached hydrogens (tertiary/aromatic N) is 1. The Morgan fingerprint density at radius 3 is 2.27 bits per heavy atom. The quantitative estimate of drug-likeness (QED) is 0.743. The fourth-order valence-electron chi connectivity index (χ4n) is 3.47. The molecule has 114 valence electrons. The van der Waals surface area contributed by atoms with Crippen molar-refractivity contribution in [3.8, 4) is 5.75 Å². The Kier molecular flexibility index (Phi) is 4.04. The number of para-hydroxylation sites is 1. The topological polar surface area (TPSA) is 9.23 Å². The van der Waals surface area contributed by atoms with Crippen molar-refractivity contribution in [3.63, 3.8) is 0 Å². The maximum absolute atomic E-state index is 5.27. The number of ether oxygens (including phenoxy) is 1. The molecule has 1 atom stereocenters. The highest BCUT2D eigenvalue weighted by Gasteiger charge is 2.33. The fourth-order valence-corrected chi connectivity index (χ4v) is 3.47. The molecule has 0 saturated heterocycles. The summed E-state index contributed by atoms with van der Waals surface area (Å²) < 4.78 is 6.21. The Morgan fingerprint density at radius 2 is 1.64 bits per heavy atom. The van der Waals surface area contributed by atoms with Gasteiger partial charge in [0.05, 0.1) is 26.4 Å². The molecule has 3 rings (SSSR count). The Balaban J connectivity index is 2.08. The van der Waals surface area contributed by atoms with Crippen LogP contribution in [0.1, 0.15) is 30.9 Å². The molecule has 1 aliphatic heterocycles. The van der Waals surface area contributed by atoms with Gasteiger partial charge in [0.2, 0.25) is 0 Å². The number of rotatable bonds is 4. The average Bonchev–Trinajstić information content (AvgIpc) is 2.61. The van der Waals surface area contributed by atoms with E-state index in [0.717, 1.165) is 23.3 Å². The Morgan fingerprint density at radius 1 is 0.955 bits per heavy atom. The van der Waals surface area contributed by atoms with Gasteiger partial charge in [-0.2, -0.15) is 0 Å². The second-order valence-electron chi connectivity index (χ2n) is 5.82. The van der Waals surface area contributed by atoms with Crippen LogP contribution in [0.5, 0.6) is 5.75 Å². The molecule has 1 heterocycles. The summed E-state index contributed by atoms with van der Waals surface area (Å²) in [5.74, 6) is 1.23. The highest BCUT2D eigenvalue weighted by molar-refractivity contribution is 5.60. The van der Waals surface area contributed by atoms with Gasteiger partial charge in [-0.1, -0.05) is 30.3 Å². The molecule has 22 heavy (non-hydrogen) atoms. The van der Waals surface area contributed by atoms with Gasteiger partial charge in [0.15, 0.2) is 0 Å². The molecule has 0 saturated carbocycles. The van der Waals surface area contributed by atoms with E-state index in [1.165, 1.54) is 16.8 Å². The van der Waals surface area contributed by atoms with Crippen molar-refractivity contribution in [3.05, 3.63) is 71.9 Å². The van der Waals surface area contributed by atoms with Crippen molar-refractivity contribution in [2.45, 2.75) is 19.8 Å². The minimum atomic E-state index is 0.325. The van der Waals surface area contributed by atoms with Gasteiger partial charge < -0.3 is 4.74 Å². The predicted octanol–water partition coefficient (Wildman–Crippen LogP) is 4.70. The first kappa shape index (κ1) is 14.9. The van der Waals surface area contributed by atoms with Crippen molar-refractivity contribution in [1.82, 2.24) is 4.48 Å². The highest BCUT2D eigenvalue weighted by atomic mass is 16.5. The second kappa shape index (κ2) is 5.98. The van der Waals surface area contributed by atoms with E-state index in [0.29, 0.717) is 5.92 Å². The van der Waals surface area contributed by atoms with Crippen molar-refractivity contribution in [2.75, 3.05) is 20.2 Å². The lowest BCUT2D eigenvalue weighted by molar-refractivity contribution is 0.396. The van der Waals surface area contributed by atoms with E-state index in [2.05, 4.69) is 62.5 Å². The van der Waals surface area contributed by atoms with Crippen LogP contribution in [0.3, 0.4) is 0 Å². The minimum Gasteiger partial charge on any atom is -0.497 e. The minimum absolute atomic E-state index is 0.325. The van der Waals surface area contributed by atoms with Crippen LogP contribution in [0.2, 0.25) is 0 Å². The molecule has 0 N–H and O–H groups in total. The zero-order valence-electron chi connectivity index (χ0n) is 13.6. The maximum atomic E-state index is 5.27. The highest BCUT2D eigenvalue weighted by Crippen LogP contribution is 2.41. The summed E-state index contributed by atoms with van der Waals surface area (Å²) in [6.07, 6.45) is 4.73. The zero-order chi connectivity index (χ0) is 15.6. The van der Waals surface area contributed by atoms with Crippen LogP contribution in [0, 0.1) is 0 Å². The van der Waals surface area contributed by atoms with Gasteiger partial charge in [-0.05, 0) is 43.7 Å². The fraction of sp³-hybridized carbons (Fsp3) is 0.300. The molecule has 0 fully saturated rings. The molecule has 0 bridgehead atoms. The van der Waals surface area contributed by atoms with E-state index in [9.17, 15) is 0 Å². The van der Waals surface area contributed by atoms with Crippen molar-refractivity contribution >= 4 is 5.69 Å². The van der Waals surface area contributed by atoms with Crippen molar-refractivity contribution in [1.29, 1.82) is 0 Å². The lowest BCUT2D eigenvalue weighted by atomic mass is 9.86. The Bertz CT molecular complexity index is 668. The van der Waals surface area contributed by atoms with E-state index >= 15 is 0 Å². The van der Waals surface area contributed by atoms with Crippen LogP contribution in [0.4, 0.5) is 5.69 Å². The maximum Gasteiger partial charge on any atom is 0.141 e. The second-order valence-corrected chi connectivity index (χ2v) is 5.82. The molecule has 1 unspecified atom stereocenters. The Labute approximate surface area is 133 Å². The summed E-state index contributed by atoms with van der Waals surface area (Å²) in [7, 11) is 1.71. The van der Waals surface area contributed by atoms with Crippen LogP contribution in [0.15, 0.2) is 60.8 Å². The van der Waals surface area contributed by atoms with Gasteiger partial charge in [-0.25, -0.2) is 0 Å². The summed E-state index contributed by atoms with van der Waals surface area (Å²) in [6, 6.07) is 17.3. The smallest absolute Gasteiger partial charge is 0.141 e. The normalized spacial score (nSPS) is 18.8. The lowest BCUT2D eigenvalue weighted by Crippen LogP contribution is -2.45. The van der Waals surface area contributed by atoms with Gasteiger partial charge >= 0.3 is 0 Å². The largest absolute Gasteiger partial charge is 0.497 e. The SMILES string of the molecule is CC[N+]1(CC)C=CC(c2ccc(OC)cc2)c2ccccc21. The number of allylic oxidation sites excluding steroid dienone is 1. The number of hydrogen-bond acceptors (Lipinski definition) is 1. The molecular formula is C20H24NO+. The molecule has 2 aromatic rings. The number of benzene rings is 2. The average molecular weight is 294 g/mol. The van der Waals surface area contributed by atoms with Gasteiger partial charge in [0.25, 0.3) is 0 Å². The van der Waals surface area contributed by atoms with E-state index in [4.69, 9.17) is 4.74 Å². The molecule has 0 amide bonds. The predicted molar refractivity (Wildman–Crippen MR) is 93.3 cm³/mol. The van der Waals surface area contributed by atoms with Gasteiger partial charge in [-0.15, -0.1) is 0 Å². The first-order chi connectivity index (χ1) is 10.7. The van der Waals surface area contributed by atoms with Crippen LogP contribution in [0.25, 0.3) is 0 Å². The monoisotopic (exact) mass is 294 g/mol. The summed E-state index contributed by atoms with van der Waals surface area (Å²) in [6.45, 7) is 6.69. The first-order valence-corrected chi connectivity index (χ1v) is 8.03. The number of fused-ring (bicyclic) bond motifs is 1. The summed E-state index contributed by atoms with van der Waals surface area (Å²) >= 11 is 0. The third-order valence-corrected chi connectivity index (χ3v) is 4.92. The molecule has 1 aliphatic rings.